The van der Waals surface area contributed by atoms with Gasteiger partial charge in [0.15, 0.2) is 0 Å². The molecule has 1 saturated heterocycles. The highest BCUT2D eigenvalue weighted by molar-refractivity contribution is 5.76. The molecule has 82 valence electrons. The Balaban J connectivity index is 2.18. The summed E-state index contributed by atoms with van der Waals surface area (Å²) in [6, 6.07) is 0. The lowest BCUT2D eigenvalue weighted by molar-refractivity contribution is -0.131. The molecule has 4 nitrogen and oxygen atoms in total. The monoisotopic (exact) mass is 200 g/mol. The predicted molar refractivity (Wildman–Crippen MR) is 55.1 cm³/mol. The van der Waals surface area contributed by atoms with Crippen molar-refractivity contribution in [3.63, 3.8) is 0 Å². The van der Waals surface area contributed by atoms with Gasteiger partial charge in [-0.1, -0.05) is 0 Å². The third kappa shape index (κ3) is 3.64. The highest BCUT2D eigenvalue weighted by Gasteiger charge is 2.19. The lowest BCUT2D eigenvalue weighted by atomic mass is 10.0. The fraction of sp³-hybridized carbons (Fsp3) is 0.900. The van der Waals surface area contributed by atoms with Crippen molar-refractivity contribution in [1.82, 2.24) is 10.2 Å². The molecule has 1 N–H and O–H groups in total. The molecule has 1 fully saturated rings. The number of likely N-dealkylation sites (N-methyl/N-ethyl adjacent to an activating group) is 1. The van der Waals surface area contributed by atoms with Gasteiger partial charge in [-0.15, -0.1) is 0 Å². The minimum absolute atomic E-state index is 0.232. The van der Waals surface area contributed by atoms with Crippen molar-refractivity contribution in [1.29, 1.82) is 0 Å². The van der Waals surface area contributed by atoms with E-state index in [0.717, 1.165) is 19.5 Å². The molecule has 0 bridgehead atoms. The quantitative estimate of drug-likeness (QED) is 0.684. The molecule has 0 radical (unpaired) electrons. The van der Waals surface area contributed by atoms with E-state index in [1.54, 1.807) is 12.0 Å². The molecule has 1 rings (SSSR count). The van der Waals surface area contributed by atoms with Crippen molar-refractivity contribution in [2.75, 3.05) is 40.4 Å². The van der Waals surface area contributed by atoms with E-state index in [-0.39, 0.29) is 5.91 Å². The smallest absolute Gasteiger partial charge is 0.222 e. The van der Waals surface area contributed by atoms with Crippen molar-refractivity contribution in [2.45, 2.75) is 12.8 Å². The lowest BCUT2D eigenvalue weighted by Gasteiger charge is -2.18. The van der Waals surface area contributed by atoms with Gasteiger partial charge in [-0.05, 0) is 25.4 Å². The largest absolute Gasteiger partial charge is 0.383 e. The molecule has 0 aromatic rings. The zero-order valence-electron chi connectivity index (χ0n) is 9.08. The number of carbonyl (C=O) groups is 1. The van der Waals surface area contributed by atoms with E-state index in [4.69, 9.17) is 4.74 Å². The summed E-state index contributed by atoms with van der Waals surface area (Å²) in [5.41, 5.74) is 0. The van der Waals surface area contributed by atoms with Crippen LogP contribution in [0.25, 0.3) is 0 Å². The Morgan fingerprint density at radius 1 is 1.64 bits per heavy atom. The summed E-state index contributed by atoms with van der Waals surface area (Å²) in [5.74, 6) is 0.767. The second-order valence-corrected chi connectivity index (χ2v) is 3.87. The maximum absolute atomic E-state index is 11.6. The van der Waals surface area contributed by atoms with Crippen molar-refractivity contribution >= 4 is 5.91 Å². The summed E-state index contributed by atoms with van der Waals surface area (Å²) in [6.07, 6.45) is 1.80. The number of nitrogens with zero attached hydrogens (tertiary/aromatic N) is 1. The van der Waals surface area contributed by atoms with Gasteiger partial charge >= 0.3 is 0 Å². The van der Waals surface area contributed by atoms with E-state index in [1.165, 1.54) is 0 Å². The van der Waals surface area contributed by atoms with Crippen LogP contribution in [-0.2, 0) is 9.53 Å². The van der Waals surface area contributed by atoms with Gasteiger partial charge in [-0.3, -0.25) is 4.79 Å². The molecule has 14 heavy (non-hydrogen) atoms. The molecule has 1 atom stereocenters. The first kappa shape index (κ1) is 11.5. The first-order valence-electron chi connectivity index (χ1n) is 5.17. The number of hydrogen-bond donors (Lipinski definition) is 1. The molecular formula is C10H20N2O2. The summed E-state index contributed by atoms with van der Waals surface area (Å²) in [6.45, 7) is 3.35. The minimum Gasteiger partial charge on any atom is -0.383 e. The Morgan fingerprint density at radius 3 is 3.00 bits per heavy atom. The van der Waals surface area contributed by atoms with Crippen LogP contribution in [0.4, 0.5) is 0 Å². The number of carbonyl (C=O) groups excluding carboxylic acids is 1. The molecule has 1 amide bonds. The van der Waals surface area contributed by atoms with Crippen LogP contribution in [-0.4, -0.2) is 51.2 Å². The second kappa shape index (κ2) is 5.98. The first-order valence-corrected chi connectivity index (χ1v) is 5.17. The van der Waals surface area contributed by atoms with Gasteiger partial charge in [-0.2, -0.15) is 0 Å². The normalized spacial score (nSPS) is 21.1. The average molecular weight is 200 g/mol. The summed E-state index contributed by atoms with van der Waals surface area (Å²) < 4.78 is 4.93. The maximum atomic E-state index is 11.6. The number of hydrogen-bond acceptors (Lipinski definition) is 3. The lowest BCUT2D eigenvalue weighted by Crippen LogP contribution is -2.31. The minimum atomic E-state index is 0.232. The third-order valence-corrected chi connectivity index (χ3v) is 2.68. The Bertz CT molecular complexity index is 179. The highest BCUT2D eigenvalue weighted by atomic mass is 16.5. The van der Waals surface area contributed by atoms with E-state index in [0.29, 0.717) is 25.5 Å². The summed E-state index contributed by atoms with van der Waals surface area (Å²) >= 11 is 0. The Morgan fingerprint density at radius 2 is 2.43 bits per heavy atom. The Labute approximate surface area is 85.6 Å². The number of nitrogens with one attached hydrogen (secondary N) is 1. The Kier molecular flexibility index (Phi) is 4.90. The van der Waals surface area contributed by atoms with Crippen LogP contribution >= 0.6 is 0 Å². The number of ether oxygens (including phenoxy) is 1. The topological polar surface area (TPSA) is 41.6 Å². The predicted octanol–water partition coefficient (Wildman–Crippen LogP) is 0.0908. The van der Waals surface area contributed by atoms with Crippen molar-refractivity contribution in [3.8, 4) is 0 Å². The number of methoxy groups -OCH3 is 1. The van der Waals surface area contributed by atoms with Gasteiger partial charge in [0.1, 0.15) is 0 Å². The van der Waals surface area contributed by atoms with Crippen LogP contribution in [0.2, 0.25) is 0 Å². The molecule has 0 spiro atoms. The van der Waals surface area contributed by atoms with Crippen molar-refractivity contribution in [3.05, 3.63) is 0 Å². The van der Waals surface area contributed by atoms with Crippen LogP contribution in [0.3, 0.4) is 0 Å². The summed E-state index contributed by atoms with van der Waals surface area (Å²) in [7, 11) is 3.49. The van der Waals surface area contributed by atoms with Crippen LogP contribution in [0.15, 0.2) is 0 Å². The molecule has 0 aromatic heterocycles. The van der Waals surface area contributed by atoms with E-state index < -0.39 is 0 Å². The van der Waals surface area contributed by atoms with E-state index >= 15 is 0 Å². The van der Waals surface area contributed by atoms with Gasteiger partial charge < -0.3 is 15.0 Å². The standard InChI is InChI=1S/C10H20N2O2/c1-12(5-6-14-2)10(13)7-9-3-4-11-8-9/h9,11H,3-8H2,1-2H3. The zero-order valence-corrected chi connectivity index (χ0v) is 9.08. The van der Waals surface area contributed by atoms with Gasteiger partial charge in [-0.25, -0.2) is 0 Å². The highest BCUT2D eigenvalue weighted by Crippen LogP contribution is 2.13. The average Bonchev–Trinajstić information content (AvgIpc) is 2.66. The number of rotatable bonds is 5. The molecule has 1 aliphatic heterocycles. The molecule has 1 aliphatic rings. The summed E-state index contributed by atoms with van der Waals surface area (Å²) in [4.78, 5) is 13.4. The maximum Gasteiger partial charge on any atom is 0.222 e. The molecule has 1 unspecified atom stereocenters. The van der Waals surface area contributed by atoms with E-state index in [9.17, 15) is 4.79 Å². The molecule has 0 aromatic carbocycles. The third-order valence-electron chi connectivity index (χ3n) is 2.68. The van der Waals surface area contributed by atoms with E-state index in [2.05, 4.69) is 5.32 Å². The van der Waals surface area contributed by atoms with Crippen LogP contribution in [0.5, 0.6) is 0 Å². The van der Waals surface area contributed by atoms with Gasteiger partial charge in [0, 0.05) is 27.1 Å². The SMILES string of the molecule is COCCN(C)C(=O)CC1CCNC1. The van der Waals surface area contributed by atoms with Crippen LogP contribution in [0.1, 0.15) is 12.8 Å². The second-order valence-electron chi connectivity index (χ2n) is 3.87. The molecule has 0 aliphatic carbocycles. The Hall–Kier alpha value is -0.610. The summed E-state index contributed by atoms with van der Waals surface area (Å²) in [5, 5.41) is 3.26. The van der Waals surface area contributed by atoms with Crippen molar-refractivity contribution in [2.24, 2.45) is 5.92 Å². The van der Waals surface area contributed by atoms with Gasteiger partial charge in [0.25, 0.3) is 0 Å². The van der Waals surface area contributed by atoms with Crippen LogP contribution in [0, 0.1) is 5.92 Å². The molecule has 0 saturated carbocycles. The zero-order chi connectivity index (χ0) is 10.4. The van der Waals surface area contributed by atoms with Crippen molar-refractivity contribution < 1.29 is 9.53 Å². The van der Waals surface area contributed by atoms with E-state index in [1.807, 2.05) is 7.05 Å². The molecule has 1 heterocycles. The fourth-order valence-corrected chi connectivity index (χ4v) is 1.64. The molecule has 4 heteroatoms. The van der Waals surface area contributed by atoms with Gasteiger partial charge in [0.05, 0.1) is 6.61 Å². The number of amides is 1. The van der Waals surface area contributed by atoms with Crippen LogP contribution < -0.4 is 5.32 Å². The van der Waals surface area contributed by atoms with Gasteiger partial charge in [0.2, 0.25) is 5.91 Å². The first-order chi connectivity index (χ1) is 6.74. The fourth-order valence-electron chi connectivity index (χ4n) is 1.64. The molecular weight excluding hydrogens is 180 g/mol.